The molecule has 0 bridgehead atoms. The lowest BCUT2D eigenvalue weighted by molar-refractivity contribution is 0.0687. The standard InChI is InChI=1S/C13H8F2N4O2/c14-7-3-6(4-8(15)5-7)9-1-2-10(12(20)21)19-11(9)17-13(16)18-19/h1-5H,(H2,16,18)(H,20,21). The Morgan fingerprint density at radius 3 is 2.48 bits per heavy atom. The van der Waals surface area contributed by atoms with Gasteiger partial charge in [0.1, 0.15) is 11.6 Å². The molecule has 0 fully saturated rings. The van der Waals surface area contributed by atoms with Crippen molar-refractivity contribution in [3.05, 3.63) is 47.7 Å². The van der Waals surface area contributed by atoms with E-state index in [2.05, 4.69) is 10.1 Å². The van der Waals surface area contributed by atoms with Gasteiger partial charge in [0.25, 0.3) is 0 Å². The van der Waals surface area contributed by atoms with E-state index in [-0.39, 0.29) is 22.9 Å². The van der Waals surface area contributed by atoms with Crippen LogP contribution in [0.3, 0.4) is 0 Å². The third-order valence-corrected chi connectivity index (χ3v) is 2.89. The molecule has 2 aromatic heterocycles. The van der Waals surface area contributed by atoms with Crippen LogP contribution in [0.5, 0.6) is 0 Å². The van der Waals surface area contributed by atoms with Gasteiger partial charge in [-0.2, -0.15) is 4.98 Å². The fraction of sp³-hybridized carbons (Fsp3) is 0. The third-order valence-electron chi connectivity index (χ3n) is 2.89. The fourth-order valence-electron chi connectivity index (χ4n) is 2.07. The van der Waals surface area contributed by atoms with Gasteiger partial charge in [0.05, 0.1) is 0 Å². The molecule has 2 heterocycles. The van der Waals surface area contributed by atoms with Crippen molar-refractivity contribution in [1.29, 1.82) is 0 Å². The number of aromatic nitrogens is 3. The summed E-state index contributed by atoms with van der Waals surface area (Å²) in [7, 11) is 0. The number of hydrogen-bond donors (Lipinski definition) is 2. The average molecular weight is 290 g/mol. The van der Waals surface area contributed by atoms with E-state index in [9.17, 15) is 13.6 Å². The predicted octanol–water partition coefficient (Wildman–Crippen LogP) is 1.95. The van der Waals surface area contributed by atoms with E-state index in [1.165, 1.54) is 12.1 Å². The van der Waals surface area contributed by atoms with Gasteiger partial charge in [0.2, 0.25) is 5.95 Å². The fourth-order valence-corrected chi connectivity index (χ4v) is 2.07. The molecule has 0 saturated carbocycles. The van der Waals surface area contributed by atoms with Crippen molar-refractivity contribution in [2.75, 3.05) is 5.73 Å². The molecule has 21 heavy (non-hydrogen) atoms. The molecule has 0 saturated heterocycles. The summed E-state index contributed by atoms with van der Waals surface area (Å²) in [6, 6.07) is 5.64. The first-order valence-electron chi connectivity index (χ1n) is 5.81. The Bertz CT molecular complexity index is 856. The Hall–Kier alpha value is -3.03. The summed E-state index contributed by atoms with van der Waals surface area (Å²) in [5, 5.41) is 12.9. The van der Waals surface area contributed by atoms with Gasteiger partial charge in [-0.3, -0.25) is 0 Å². The van der Waals surface area contributed by atoms with Gasteiger partial charge >= 0.3 is 5.97 Å². The number of carbonyl (C=O) groups is 1. The largest absolute Gasteiger partial charge is 0.477 e. The zero-order valence-electron chi connectivity index (χ0n) is 10.4. The molecule has 0 aliphatic rings. The van der Waals surface area contributed by atoms with Crippen LogP contribution in [0.4, 0.5) is 14.7 Å². The summed E-state index contributed by atoms with van der Waals surface area (Å²) in [5.41, 5.74) is 5.97. The Morgan fingerprint density at radius 1 is 1.19 bits per heavy atom. The highest BCUT2D eigenvalue weighted by Crippen LogP contribution is 2.26. The quantitative estimate of drug-likeness (QED) is 0.752. The van der Waals surface area contributed by atoms with Crippen molar-refractivity contribution in [1.82, 2.24) is 14.6 Å². The van der Waals surface area contributed by atoms with Crippen LogP contribution >= 0.6 is 0 Å². The molecule has 0 aliphatic carbocycles. The molecule has 1 aromatic carbocycles. The molecule has 3 aromatic rings. The molecule has 6 nitrogen and oxygen atoms in total. The van der Waals surface area contributed by atoms with Crippen molar-refractivity contribution < 1.29 is 18.7 Å². The number of pyridine rings is 1. The Balaban J connectivity index is 2.33. The number of hydrogen-bond acceptors (Lipinski definition) is 4. The molecular weight excluding hydrogens is 282 g/mol. The van der Waals surface area contributed by atoms with E-state index in [1.54, 1.807) is 0 Å². The lowest BCUT2D eigenvalue weighted by atomic mass is 10.1. The first kappa shape index (κ1) is 13.0. The van der Waals surface area contributed by atoms with Crippen LogP contribution in [-0.4, -0.2) is 25.7 Å². The number of carboxylic acid groups (broad SMARTS) is 1. The van der Waals surface area contributed by atoms with Crippen LogP contribution in [-0.2, 0) is 0 Å². The van der Waals surface area contributed by atoms with E-state index >= 15 is 0 Å². The number of nitrogens with zero attached hydrogens (tertiary/aromatic N) is 3. The van der Waals surface area contributed by atoms with Crippen LogP contribution in [0, 0.1) is 11.6 Å². The number of anilines is 1. The number of aromatic carboxylic acids is 1. The lowest BCUT2D eigenvalue weighted by Crippen LogP contribution is -2.07. The van der Waals surface area contributed by atoms with Crippen LogP contribution in [0.15, 0.2) is 30.3 Å². The highest BCUT2D eigenvalue weighted by atomic mass is 19.1. The Kier molecular flexibility index (Phi) is 2.79. The summed E-state index contributed by atoms with van der Waals surface area (Å²) in [4.78, 5) is 15.0. The molecule has 3 rings (SSSR count). The minimum absolute atomic E-state index is 0.109. The highest BCUT2D eigenvalue weighted by Gasteiger charge is 2.16. The topological polar surface area (TPSA) is 93.5 Å². The second-order valence-electron chi connectivity index (χ2n) is 4.30. The number of rotatable bonds is 2. The molecule has 0 unspecified atom stereocenters. The van der Waals surface area contributed by atoms with Gasteiger partial charge in [-0.05, 0) is 29.8 Å². The highest BCUT2D eigenvalue weighted by molar-refractivity contribution is 5.89. The average Bonchev–Trinajstić information content (AvgIpc) is 2.76. The molecule has 0 radical (unpaired) electrons. The van der Waals surface area contributed by atoms with Crippen LogP contribution in [0.25, 0.3) is 16.8 Å². The van der Waals surface area contributed by atoms with Gasteiger partial charge in [-0.15, -0.1) is 5.10 Å². The van der Waals surface area contributed by atoms with Gasteiger partial charge in [0, 0.05) is 11.6 Å². The molecule has 106 valence electrons. The van der Waals surface area contributed by atoms with Crippen molar-refractivity contribution in [2.24, 2.45) is 0 Å². The van der Waals surface area contributed by atoms with E-state index in [4.69, 9.17) is 10.8 Å². The molecule has 0 atom stereocenters. The Labute approximate surface area is 116 Å². The number of carboxylic acids is 1. The summed E-state index contributed by atoms with van der Waals surface area (Å²) < 4.78 is 27.7. The van der Waals surface area contributed by atoms with Crippen LogP contribution in [0.2, 0.25) is 0 Å². The number of fused-ring (bicyclic) bond motifs is 1. The first-order chi connectivity index (χ1) is 9.95. The van der Waals surface area contributed by atoms with Gasteiger partial charge in [-0.25, -0.2) is 18.1 Å². The van der Waals surface area contributed by atoms with Crippen molar-refractivity contribution in [3.63, 3.8) is 0 Å². The molecule has 0 aliphatic heterocycles. The van der Waals surface area contributed by atoms with E-state index in [1.807, 2.05) is 0 Å². The molecule has 0 amide bonds. The van der Waals surface area contributed by atoms with Crippen molar-refractivity contribution >= 4 is 17.6 Å². The lowest BCUT2D eigenvalue weighted by Gasteiger charge is -2.06. The molecule has 3 N–H and O–H groups in total. The maximum absolute atomic E-state index is 13.3. The normalized spacial score (nSPS) is 11.0. The van der Waals surface area contributed by atoms with E-state index < -0.39 is 17.6 Å². The second kappa shape index (κ2) is 4.51. The van der Waals surface area contributed by atoms with Crippen LogP contribution in [0.1, 0.15) is 10.5 Å². The van der Waals surface area contributed by atoms with Crippen molar-refractivity contribution in [2.45, 2.75) is 0 Å². The number of halogens is 2. The molecule has 0 spiro atoms. The van der Waals surface area contributed by atoms with Gasteiger partial charge < -0.3 is 10.8 Å². The summed E-state index contributed by atoms with van der Waals surface area (Å²) in [5.74, 6) is -2.86. The van der Waals surface area contributed by atoms with E-state index in [0.29, 0.717) is 5.56 Å². The maximum atomic E-state index is 13.3. The Morgan fingerprint density at radius 2 is 1.86 bits per heavy atom. The number of nitrogen functional groups attached to an aromatic ring is 1. The zero-order valence-corrected chi connectivity index (χ0v) is 10.4. The summed E-state index contributed by atoms with van der Waals surface area (Å²) in [6.45, 7) is 0. The summed E-state index contributed by atoms with van der Waals surface area (Å²) >= 11 is 0. The molecular formula is C13H8F2N4O2. The number of nitrogens with two attached hydrogens (primary N) is 1. The monoisotopic (exact) mass is 290 g/mol. The predicted molar refractivity (Wildman–Crippen MR) is 69.7 cm³/mol. The van der Waals surface area contributed by atoms with E-state index in [0.717, 1.165) is 22.7 Å². The second-order valence-corrected chi connectivity index (χ2v) is 4.30. The van der Waals surface area contributed by atoms with Crippen molar-refractivity contribution in [3.8, 4) is 11.1 Å². The minimum Gasteiger partial charge on any atom is -0.477 e. The third kappa shape index (κ3) is 2.16. The summed E-state index contributed by atoms with van der Waals surface area (Å²) in [6.07, 6.45) is 0. The SMILES string of the molecule is Nc1nc2c(-c3cc(F)cc(F)c3)ccc(C(=O)O)n2n1. The van der Waals surface area contributed by atoms with Gasteiger partial charge in [-0.1, -0.05) is 0 Å². The molecule has 8 heteroatoms. The van der Waals surface area contributed by atoms with Crippen LogP contribution < -0.4 is 5.73 Å². The van der Waals surface area contributed by atoms with Gasteiger partial charge in [0.15, 0.2) is 11.3 Å². The maximum Gasteiger partial charge on any atom is 0.354 e. The zero-order chi connectivity index (χ0) is 15.1. The minimum atomic E-state index is -1.22. The smallest absolute Gasteiger partial charge is 0.354 e. The first-order valence-corrected chi connectivity index (χ1v) is 5.81. The number of benzene rings is 1.